The molecule has 0 aliphatic carbocycles. The molecule has 0 aliphatic heterocycles. The highest BCUT2D eigenvalue weighted by molar-refractivity contribution is 9.10. The van der Waals surface area contributed by atoms with Gasteiger partial charge in [-0.2, -0.15) is 0 Å². The van der Waals surface area contributed by atoms with Crippen molar-refractivity contribution in [2.45, 2.75) is 45.4 Å². The fourth-order valence-corrected chi connectivity index (χ4v) is 2.54. The van der Waals surface area contributed by atoms with Crippen molar-refractivity contribution in [3.63, 3.8) is 0 Å². The molecule has 0 bridgehead atoms. The third-order valence-corrected chi connectivity index (χ3v) is 3.96. The van der Waals surface area contributed by atoms with Crippen LogP contribution in [0.15, 0.2) is 28.7 Å². The number of halogens is 1. The highest BCUT2D eigenvalue weighted by Crippen LogP contribution is 2.22. The van der Waals surface area contributed by atoms with Crippen LogP contribution in [0.1, 0.15) is 44.6 Å². The van der Waals surface area contributed by atoms with E-state index in [2.05, 4.69) is 41.1 Å². The molecule has 0 heterocycles. The summed E-state index contributed by atoms with van der Waals surface area (Å²) in [6.07, 6.45) is 7.23. The summed E-state index contributed by atoms with van der Waals surface area (Å²) in [5, 5.41) is 9.42. The van der Waals surface area contributed by atoms with Gasteiger partial charge in [-0.05, 0) is 30.4 Å². The molecule has 17 heavy (non-hydrogen) atoms. The molecule has 2 heteroatoms. The lowest BCUT2D eigenvalue weighted by Gasteiger charge is -2.15. The van der Waals surface area contributed by atoms with Crippen LogP contribution in [-0.2, 0) is 6.42 Å². The maximum absolute atomic E-state index is 9.42. The summed E-state index contributed by atoms with van der Waals surface area (Å²) >= 11 is 3.57. The standard InChI is InChI=1S/C15H23BrO/c1-2-3-4-5-8-13(12-17)11-14-9-6-7-10-15(14)16/h6-7,9-10,13,17H,2-5,8,11-12H2,1H3. The third-order valence-electron chi connectivity index (χ3n) is 3.19. The van der Waals surface area contributed by atoms with Crippen LogP contribution in [0.5, 0.6) is 0 Å². The lowest BCUT2D eigenvalue weighted by atomic mass is 9.94. The van der Waals surface area contributed by atoms with Crippen LogP contribution in [0.4, 0.5) is 0 Å². The lowest BCUT2D eigenvalue weighted by Crippen LogP contribution is -2.10. The van der Waals surface area contributed by atoms with Gasteiger partial charge in [0, 0.05) is 11.1 Å². The Morgan fingerprint density at radius 2 is 1.94 bits per heavy atom. The largest absolute Gasteiger partial charge is 0.396 e. The molecular formula is C15H23BrO. The van der Waals surface area contributed by atoms with Crippen LogP contribution in [0, 0.1) is 5.92 Å². The molecule has 1 unspecified atom stereocenters. The van der Waals surface area contributed by atoms with Crippen molar-refractivity contribution < 1.29 is 5.11 Å². The van der Waals surface area contributed by atoms with E-state index in [1.54, 1.807) is 0 Å². The zero-order valence-corrected chi connectivity index (χ0v) is 12.2. The predicted octanol–water partition coefficient (Wildman–Crippen LogP) is 4.57. The number of benzene rings is 1. The molecule has 0 saturated carbocycles. The third kappa shape index (κ3) is 5.69. The molecule has 1 aromatic carbocycles. The van der Waals surface area contributed by atoms with E-state index in [0.29, 0.717) is 12.5 Å². The summed E-state index contributed by atoms with van der Waals surface area (Å²) in [7, 11) is 0. The molecule has 1 rings (SSSR count). The Morgan fingerprint density at radius 1 is 1.18 bits per heavy atom. The highest BCUT2D eigenvalue weighted by Gasteiger charge is 2.10. The number of aliphatic hydroxyl groups excluding tert-OH is 1. The van der Waals surface area contributed by atoms with E-state index < -0.39 is 0 Å². The first kappa shape index (κ1) is 14.7. The monoisotopic (exact) mass is 298 g/mol. The van der Waals surface area contributed by atoms with Crippen LogP contribution in [0.2, 0.25) is 0 Å². The minimum atomic E-state index is 0.299. The van der Waals surface area contributed by atoms with E-state index in [4.69, 9.17) is 0 Å². The second-order valence-corrected chi connectivity index (χ2v) is 5.55. The van der Waals surface area contributed by atoms with Gasteiger partial charge < -0.3 is 5.11 Å². The molecule has 0 aromatic heterocycles. The van der Waals surface area contributed by atoms with Gasteiger partial charge in [-0.15, -0.1) is 0 Å². The normalized spacial score (nSPS) is 12.6. The zero-order valence-electron chi connectivity index (χ0n) is 10.7. The van der Waals surface area contributed by atoms with Crippen LogP contribution in [0.3, 0.4) is 0 Å². The minimum Gasteiger partial charge on any atom is -0.396 e. The maximum Gasteiger partial charge on any atom is 0.0462 e. The average molecular weight is 299 g/mol. The van der Waals surface area contributed by atoms with Crippen molar-refractivity contribution >= 4 is 15.9 Å². The van der Waals surface area contributed by atoms with E-state index in [-0.39, 0.29) is 0 Å². The molecule has 0 radical (unpaired) electrons. The molecule has 96 valence electrons. The maximum atomic E-state index is 9.42. The first-order chi connectivity index (χ1) is 8.27. The number of unbranched alkanes of at least 4 members (excludes halogenated alkanes) is 3. The Morgan fingerprint density at radius 3 is 2.59 bits per heavy atom. The van der Waals surface area contributed by atoms with Gasteiger partial charge in [0.1, 0.15) is 0 Å². The summed E-state index contributed by atoms with van der Waals surface area (Å²) in [6.45, 7) is 2.53. The van der Waals surface area contributed by atoms with Gasteiger partial charge in [-0.1, -0.05) is 66.7 Å². The van der Waals surface area contributed by atoms with Crippen LogP contribution >= 0.6 is 15.9 Å². The van der Waals surface area contributed by atoms with Crippen LogP contribution < -0.4 is 0 Å². The summed E-state index contributed by atoms with van der Waals surface area (Å²) in [5.74, 6) is 0.408. The van der Waals surface area contributed by atoms with Crippen LogP contribution in [0.25, 0.3) is 0 Å². The lowest BCUT2D eigenvalue weighted by molar-refractivity contribution is 0.214. The summed E-state index contributed by atoms with van der Waals surface area (Å²) in [5.41, 5.74) is 1.31. The molecule has 0 amide bonds. The minimum absolute atomic E-state index is 0.299. The fraction of sp³-hybridized carbons (Fsp3) is 0.600. The van der Waals surface area contributed by atoms with E-state index in [1.807, 2.05) is 6.07 Å². The molecule has 0 spiro atoms. The number of hydrogen-bond acceptors (Lipinski definition) is 1. The second-order valence-electron chi connectivity index (χ2n) is 4.69. The predicted molar refractivity (Wildman–Crippen MR) is 77.2 cm³/mol. The molecule has 0 fully saturated rings. The molecule has 1 nitrogen and oxygen atoms in total. The molecule has 1 atom stereocenters. The quantitative estimate of drug-likeness (QED) is 0.697. The Kier molecular flexibility index (Phi) is 7.54. The van der Waals surface area contributed by atoms with E-state index in [1.165, 1.54) is 31.2 Å². The van der Waals surface area contributed by atoms with Gasteiger partial charge in [0.15, 0.2) is 0 Å². The summed E-state index contributed by atoms with van der Waals surface area (Å²) in [4.78, 5) is 0. The van der Waals surface area contributed by atoms with Gasteiger partial charge in [-0.3, -0.25) is 0 Å². The second kappa shape index (κ2) is 8.71. The van der Waals surface area contributed by atoms with Gasteiger partial charge in [0.2, 0.25) is 0 Å². The number of rotatable bonds is 8. The van der Waals surface area contributed by atoms with E-state index >= 15 is 0 Å². The van der Waals surface area contributed by atoms with Crippen molar-refractivity contribution in [3.8, 4) is 0 Å². The van der Waals surface area contributed by atoms with Crippen molar-refractivity contribution in [2.24, 2.45) is 5.92 Å². The van der Waals surface area contributed by atoms with Gasteiger partial charge in [-0.25, -0.2) is 0 Å². The topological polar surface area (TPSA) is 20.2 Å². The van der Waals surface area contributed by atoms with Crippen molar-refractivity contribution in [3.05, 3.63) is 34.3 Å². The fourth-order valence-electron chi connectivity index (χ4n) is 2.09. The SMILES string of the molecule is CCCCCCC(CO)Cc1ccccc1Br. The van der Waals surface area contributed by atoms with E-state index in [9.17, 15) is 5.11 Å². The number of hydrogen-bond donors (Lipinski definition) is 1. The smallest absolute Gasteiger partial charge is 0.0462 e. The zero-order chi connectivity index (χ0) is 12.5. The van der Waals surface area contributed by atoms with E-state index in [0.717, 1.165) is 17.3 Å². The van der Waals surface area contributed by atoms with Gasteiger partial charge in [0.05, 0.1) is 0 Å². The summed E-state index contributed by atoms with van der Waals surface area (Å²) in [6, 6.07) is 8.30. The molecule has 1 N–H and O–H groups in total. The Hall–Kier alpha value is -0.340. The van der Waals surface area contributed by atoms with Crippen molar-refractivity contribution in [2.75, 3.05) is 6.61 Å². The highest BCUT2D eigenvalue weighted by atomic mass is 79.9. The number of aliphatic hydroxyl groups is 1. The van der Waals surface area contributed by atoms with Gasteiger partial charge in [0.25, 0.3) is 0 Å². The van der Waals surface area contributed by atoms with Crippen molar-refractivity contribution in [1.82, 2.24) is 0 Å². The average Bonchev–Trinajstić information content (AvgIpc) is 2.35. The van der Waals surface area contributed by atoms with Gasteiger partial charge >= 0.3 is 0 Å². The Bertz CT molecular complexity index is 312. The molecule has 0 aliphatic rings. The Labute approximate surface area is 113 Å². The van der Waals surface area contributed by atoms with Crippen molar-refractivity contribution in [1.29, 1.82) is 0 Å². The molecular weight excluding hydrogens is 276 g/mol. The first-order valence-corrected chi connectivity index (χ1v) is 7.41. The Balaban J connectivity index is 2.38. The van der Waals surface area contributed by atoms with Crippen LogP contribution in [-0.4, -0.2) is 11.7 Å². The molecule has 1 aromatic rings. The summed E-state index contributed by atoms with van der Waals surface area (Å²) < 4.78 is 1.16. The molecule has 0 saturated heterocycles. The first-order valence-electron chi connectivity index (χ1n) is 6.62.